The zero-order chi connectivity index (χ0) is 54.3. The van der Waals surface area contributed by atoms with E-state index in [1.807, 2.05) is 0 Å². The van der Waals surface area contributed by atoms with Gasteiger partial charge in [-0.15, -0.1) is 0 Å². The van der Waals surface area contributed by atoms with Crippen molar-refractivity contribution >= 4 is 5.91 Å². The third-order valence-corrected chi connectivity index (χ3v) is 14.5. The molecule has 1 saturated heterocycles. The largest absolute Gasteiger partial charge is 0.394 e. The van der Waals surface area contributed by atoms with E-state index in [1.165, 1.54) is 161 Å². The smallest absolute Gasteiger partial charge is 0.220 e. The van der Waals surface area contributed by atoms with Crippen LogP contribution < -0.4 is 5.32 Å². The zero-order valence-electron chi connectivity index (χ0n) is 48.3. The summed E-state index contributed by atoms with van der Waals surface area (Å²) in [6, 6.07) is -0.724. The van der Waals surface area contributed by atoms with Crippen molar-refractivity contribution in [3.8, 4) is 0 Å². The molecule has 0 saturated carbocycles. The first-order valence-electron chi connectivity index (χ1n) is 31.3. The quantitative estimate of drug-likeness (QED) is 0.0261. The molecule has 1 fully saturated rings. The van der Waals surface area contributed by atoms with E-state index in [4.69, 9.17) is 9.47 Å². The fourth-order valence-corrected chi connectivity index (χ4v) is 9.61. The summed E-state index contributed by atoms with van der Waals surface area (Å²) >= 11 is 0. The Balaban J connectivity index is 2.14. The van der Waals surface area contributed by atoms with Gasteiger partial charge in [-0.3, -0.25) is 4.79 Å². The summed E-state index contributed by atoms with van der Waals surface area (Å²) in [6.45, 7) is 3.74. The van der Waals surface area contributed by atoms with E-state index in [0.717, 1.165) is 83.5 Å². The van der Waals surface area contributed by atoms with Crippen molar-refractivity contribution in [3.05, 3.63) is 85.1 Å². The number of allylic oxidation sites excluding steroid dienone is 14. The molecule has 434 valence electrons. The van der Waals surface area contributed by atoms with Gasteiger partial charge in [0.1, 0.15) is 24.4 Å². The van der Waals surface area contributed by atoms with Gasteiger partial charge >= 0.3 is 0 Å². The number of amides is 1. The average molecular weight is 1050 g/mol. The van der Waals surface area contributed by atoms with Crippen LogP contribution in [0.25, 0.3) is 0 Å². The molecule has 1 aliphatic rings. The number of carbonyl (C=O) groups excluding carboxylic acids is 1. The number of unbranched alkanes of at least 4 members (excludes halogenated alkanes) is 29. The number of rotatable bonds is 53. The molecule has 0 aromatic carbocycles. The van der Waals surface area contributed by atoms with E-state index < -0.39 is 49.5 Å². The van der Waals surface area contributed by atoms with E-state index in [0.29, 0.717) is 12.8 Å². The molecule has 0 bridgehead atoms. The van der Waals surface area contributed by atoms with Crippen molar-refractivity contribution in [1.29, 1.82) is 0 Å². The first kappa shape index (κ1) is 70.4. The second-order valence-electron chi connectivity index (χ2n) is 21.5. The minimum atomic E-state index is -1.56. The van der Waals surface area contributed by atoms with Crippen LogP contribution in [-0.4, -0.2) is 87.5 Å². The molecule has 9 heteroatoms. The Hall–Kier alpha value is -2.63. The summed E-state index contributed by atoms with van der Waals surface area (Å²) in [5, 5.41) is 54.7. The normalized spacial score (nSPS) is 19.5. The van der Waals surface area contributed by atoms with Crippen LogP contribution in [0.1, 0.15) is 271 Å². The standard InChI is InChI=1S/C66H117NO8/c1-3-5-7-9-11-13-15-17-19-21-22-23-24-25-26-27-28-29-30-31-32-33-34-35-36-37-38-40-42-44-46-48-50-52-54-56-62(70)67-59(58-74-66-65(73)64(72)63(71)61(57-68)75-66)60(69)55-53-51-49-47-45-43-41-39-20-18-16-14-12-10-8-6-4-2/h5,7,11,13,17,19,22-23,25-26,28-29,31-32,59-61,63-66,68-69,71-73H,3-4,6,8-10,12,14-16,18,20-21,24,27,30,33-58H2,1-2H3,(H,67,70)/b7-5-,13-11-,19-17-,23-22-,26-25-,29-28-,32-31-. The third kappa shape index (κ3) is 44.0. The Kier molecular flexibility index (Phi) is 51.3. The van der Waals surface area contributed by atoms with Crippen molar-refractivity contribution in [1.82, 2.24) is 5.32 Å². The lowest BCUT2D eigenvalue weighted by Gasteiger charge is -2.40. The van der Waals surface area contributed by atoms with Gasteiger partial charge in [-0.05, 0) is 70.6 Å². The van der Waals surface area contributed by atoms with Crippen LogP contribution in [0.15, 0.2) is 85.1 Å². The van der Waals surface area contributed by atoms with Crippen molar-refractivity contribution < 1.29 is 39.8 Å². The van der Waals surface area contributed by atoms with Crippen molar-refractivity contribution in [3.63, 3.8) is 0 Å². The van der Waals surface area contributed by atoms with Crippen molar-refractivity contribution in [2.75, 3.05) is 13.2 Å². The molecule has 0 aromatic rings. The molecule has 1 rings (SSSR count). The topological polar surface area (TPSA) is 149 Å². The summed E-state index contributed by atoms with van der Waals surface area (Å²) in [5.74, 6) is -0.146. The van der Waals surface area contributed by atoms with Crippen molar-refractivity contribution in [2.24, 2.45) is 0 Å². The minimum Gasteiger partial charge on any atom is -0.394 e. The van der Waals surface area contributed by atoms with Crippen LogP contribution in [0.2, 0.25) is 0 Å². The molecular weight excluding hydrogens is 935 g/mol. The number of aliphatic hydroxyl groups excluding tert-OH is 5. The predicted octanol–water partition coefficient (Wildman–Crippen LogP) is 16.2. The third-order valence-electron chi connectivity index (χ3n) is 14.5. The monoisotopic (exact) mass is 1050 g/mol. The highest BCUT2D eigenvalue weighted by molar-refractivity contribution is 5.76. The van der Waals surface area contributed by atoms with Gasteiger partial charge in [0.2, 0.25) is 5.91 Å². The highest BCUT2D eigenvalue weighted by Gasteiger charge is 2.44. The van der Waals surface area contributed by atoms with Crippen LogP contribution >= 0.6 is 0 Å². The lowest BCUT2D eigenvalue weighted by molar-refractivity contribution is -0.302. The molecule has 1 amide bonds. The molecule has 1 heterocycles. The molecule has 9 nitrogen and oxygen atoms in total. The SMILES string of the molecule is CC/C=C\C/C=C\C/C=C\C/C=C\C/C=C\C/C=C\C/C=C\CCCCCCCCCCCCCCCC(=O)NC(COC1OC(CO)C(O)C(O)C1O)C(O)CCCCCCCCCCCCCCCCCCC. The van der Waals surface area contributed by atoms with Gasteiger partial charge in [0, 0.05) is 6.42 Å². The Bertz CT molecular complexity index is 1450. The second kappa shape index (κ2) is 54.7. The summed E-state index contributed by atoms with van der Waals surface area (Å²) in [4.78, 5) is 13.1. The van der Waals surface area contributed by atoms with Gasteiger partial charge in [-0.1, -0.05) is 279 Å². The molecule has 0 aliphatic carbocycles. The number of nitrogens with one attached hydrogen (secondary N) is 1. The fraction of sp³-hybridized carbons (Fsp3) is 0.773. The average Bonchev–Trinajstić information content (AvgIpc) is 3.41. The van der Waals surface area contributed by atoms with Crippen LogP contribution in [0.3, 0.4) is 0 Å². The lowest BCUT2D eigenvalue weighted by atomic mass is 9.99. The molecule has 1 aliphatic heterocycles. The van der Waals surface area contributed by atoms with Gasteiger partial charge in [-0.2, -0.15) is 0 Å². The second-order valence-corrected chi connectivity index (χ2v) is 21.5. The molecule has 0 spiro atoms. The van der Waals surface area contributed by atoms with Gasteiger partial charge in [-0.25, -0.2) is 0 Å². The van der Waals surface area contributed by atoms with Crippen LogP contribution in [0.5, 0.6) is 0 Å². The maximum atomic E-state index is 13.1. The van der Waals surface area contributed by atoms with Gasteiger partial charge < -0.3 is 40.3 Å². The predicted molar refractivity (Wildman–Crippen MR) is 318 cm³/mol. The Morgan fingerprint density at radius 3 is 1.23 bits per heavy atom. The van der Waals surface area contributed by atoms with Crippen LogP contribution in [0, 0.1) is 0 Å². The summed E-state index contributed by atoms with van der Waals surface area (Å²) in [7, 11) is 0. The number of hydrogen-bond donors (Lipinski definition) is 6. The Morgan fingerprint density at radius 2 is 0.827 bits per heavy atom. The highest BCUT2D eigenvalue weighted by Crippen LogP contribution is 2.23. The maximum absolute atomic E-state index is 13.1. The van der Waals surface area contributed by atoms with Gasteiger partial charge in [0.05, 0.1) is 25.4 Å². The Morgan fingerprint density at radius 1 is 0.467 bits per heavy atom. The van der Waals surface area contributed by atoms with E-state index in [-0.39, 0.29) is 12.5 Å². The molecule has 6 N–H and O–H groups in total. The van der Waals surface area contributed by atoms with E-state index in [9.17, 15) is 30.3 Å². The van der Waals surface area contributed by atoms with E-state index in [1.54, 1.807) is 0 Å². The summed E-state index contributed by atoms with van der Waals surface area (Å²) in [5.41, 5.74) is 0. The van der Waals surface area contributed by atoms with Gasteiger partial charge in [0.15, 0.2) is 6.29 Å². The fourth-order valence-electron chi connectivity index (χ4n) is 9.61. The molecule has 0 radical (unpaired) electrons. The maximum Gasteiger partial charge on any atom is 0.220 e. The van der Waals surface area contributed by atoms with Crippen LogP contribution in [0.4, 0.5) is 0 Å². The first-order chi connectivity index (χ1) is 36.8. The minimum absolute atomic E-state index is 0.140. The lowest BCUT2D eigenvalue weighted by Crippen LogP contribution is -2.60. The van der Waals surface area contributed by atoms with E-state index in [2.05, 4.69) is 104 Å². The molecular formula is C66H117NO8. The summed E-state index contributed by atoms with van der Waals surface area (Å²) in [6.07, 6.45) is 70.5. The molecule has 7 atom stereocenters. The summed E-state index contributed by atoms with van der Waals surface area (Å²) < 4.78 is 11.3. The molecule has 0 aromatic heterocycles. The number of ether oxygens (including phenoxy) is 2. The highest BCUT2D eigenvalue weighted by atomic mass is 16.7. The van der Waals surface area contributed by atoms with Crippen molar-refractivity contribution in [2.45, 2.75) is 314 Å². The first-order valence-corrected chi connectivity index (χ1v) is 31.3. The van der Waals surface area contributed by atoms with Crippen LogP contribution in [-0.2, 0) is 14.3 Å². The van der Waals surface area contributed by atoms with E-state index >= 15 is 0 Å². The molecule has 75 heavy (non-hydrogen) atoms. The zero-order valence-corrected chi connectivity index (χ0v) is 48.3. The van der Waals surface area contributed by atoms with Gasteiger partial charge in [0.25, 0.3) is 0 Å². The number of aliphatic hydroxyl groups is 5. The number of carbonyl (C=O) groups is 1. The Labute approximate surface area is 461 Å². The number of hydrogen-bond acceptors (Lipinski definition) is 8. The molecule has 7 unspecified atom stereocenters.